The van der Waals surface area contributed by atoms with E-state index in [1.165, 1.54) is 0 Å². The van der Waals surface area contributed by atoms with Crippen molar-refractivity contribution < 1.29 is 42.8 Å². The van der Waals surface area contributed by atoms with Crippen LogP contribution < -0.4 is 15.0 Å². The lowest BCUT2D eigenvalue weighted by atomic mass is 9.71. The third-order valence-electron chi connectivity index (χ3n) is 6.95. The van der Waals surface area contributed by atoms with Crippen LogP contribution in [0.3, 0.4) is 0 Å². The van der Waals surface area contributed by atoms with Crippen molar-refractivity contribution in [1.29, 1.82) is 0 Å². The van der Waals surface area contributed by atoms with Gasteiger partial charge in [0.1, 0.15) is 31.2 Å². The molecule has 10 nitrogen and oxygen atoms in total. The van der Waals surface area contributed by atoms with Gasteiger partial charge in [-0.05, 0) is 37.1 Å². The fourth-order valence-electron chi connectivity index (χ4n) is 5.53. The molecule has 0 unspecified atom stereocenters. The number of ether oxygens (including phenoxy) is 7. The largest absolute Gasteiger partial charge is 0.455 e. The van der Waals surface area contributed by atoms with Gasteiger partial charge in [-0.1, -0.05) is 30.3 Å². The minimum atomic E-state index is -0.876. The van der Waals surface area contributed by atoms with Gasteiger partial charge < -0.3 is 33.2 Å². The molecule has 2 aromatic carbocycles. The van der Waals surface area contributed by atoms with E-state index in [4.69, 9.17) is 38.0 Å². The number of nitrogens with one attached hydrogen (secondary N) is 1. The van der Waals surface area contributed by atoms with Crippen molar-refractivity contribution in [3.63, 3.8) is 0 Å². The Kier molecular flexibility index (Phi) is 6.11. The molecular formula is C26H29NO9. The Balaban J connectivity index is 1.39. The number of hydroxylamine groups is 1. The average Bonchev–Trinajstić information content (AvgIpc) is 3.45. The predicted molar refractivity (Wildman–Crippen MR) is 123 cm³/mol. The summed E-state index contributed by atoms with van der Waals surface area (Å²) in [7, 11) is 1.54. The van der Waals surface area contributed by atoms with Crippen LogP contribution in [-0.4, -0.2) is 62.9 Å². The van der Waals surface area contributed by atoms with Crippen molar-refractivity contribution >= 4 is 5.97 Å². The molecule has 2 aromatic rings. The molecule has 192 valence electrons. The summed E-state index contributed by atoms with van der Waals surface area (Å²) in [5.74, 6) is -0.638. The maximum atomic E-state index is 13.2. The molecule has 0 bridgehead atoms. The fraction of sp³-hybridized carbons (Fsp3) is 0.500. The second kappa shape index (κ2) is 9.29. The zero-order valence-corrected chi connectivity index (χ0v) is 20.3. The van der Waals surface area contributed by atoms with Gasteiger partial charge in [-0.3, -0.25) is 4.84 Å². The molecule has 3 aliphatic heterocycles. The van der Waals surface area contributed by atoms with Gasteiger partial charge in [-0.2, -0.15) is 5.48 Å². The first kappa shape index (κ1) is 23.7. The SMILES string of the molecule is COCO[C@@H]1[C@H]2OC(C)(C)O[C@H]2[C@H](NOCc2ccccc2)[C@H]2c3cc4c(cc3C(=O)O[C@@H]12)OCO4. The Bertz CT molecular complexity index is 1120. The molecule has 1 N–H and O–H groups in total. The highest BCUT2D eigenvalue weighted by Crippen LogP contribution is 2.50. The molecule has 0 spiro atoms. The van der Waals surface area contributed by atoms with E-state index >= 15 is 0 Å². The molecule has 6 rings (SSSR count). The smallest absolute Gasteiger partial charge is 0.338 e. The number of carbonyl (C=O) groups is 1. The third-order valence-corrected chi connectivity index (χ3v) is 6.95. The lowest BCUT2D eigenvalue weighted by Crippen LogP contribution is -2.65. The standard InChI is InChI=1S/C26H29NO9/c1-26(2)35-22-20(27-33-11-14-7-5-4-6-8-14)19-15-9-17-18(31-13-30-17)10-16(15)25(28)34-21(19)23(24(22)36-26)32-12-29-3/h4-10,19-24,27H,11-13H2,1-3H3/t19-,20-,21-,22+,23+,24+/m1/s1. The topological polar surface area (TPSA) is 103 Å². The van der Waals surface area contributed by atoms with E-state index in [1.807, 2.05) is 50.2 Å². The van der Waals surface area contributed by atoms with Gasteiger partial charge in [0.25, 0.3) is 0 Å². The summed E-state index contributed by atoms with van der Waals surface area (Å²) in [5, 5.41) is 0. The molecule has 1 saturated heterocycles. The Labute approximate surface area is 208 Å². The molecule has 36 heavy (non-hydrogen) atoms. The van der Waals surface area contributed by atoms with Gasteiger partial charge in [-0.25, -0.2) is 4.79 Å². The van der Waals surface area contributed by atoms with Crippen LogP contribution in [0.5, 0.6) is 11.5 Å². The first-order valence-corrected chi connectivity index (χ1v) is 12.0. The van der Waals surface area contributed by atoms with Crippen LogP contribution >= 0.6 is 0 Å². The Hall–Kier alpha value is -2.73. The highest BCUT2D eigenvalue weighted by atomic mass is 16.8. The Morgan fingerprint density at radius 3 is 2.56 bits per heavy atom. The summed E-state index contributed by atoms with van der Waals surface area (Å²) in [6.07, 6.45) is -2.31. The van der Waals surface area contributed by atoms with E-state index < -0.39 is 42.2 Å². The average molecular weight is 500 g/mol. The van der Waals surface area contributed by atoms with Crippen molar-refractivity contribution in [3.8, 4) is 11.5 Å². The van der Waals surface area contributed by atoms with E-state index in [9.17, 15) is 4.79 Å². The van der Waals surface area contributed by atoms with Crippen molar-refractivity contribution in [1.82, 2.24) is 5.48 Å². The van der Waals surface area contributed by atoms with Gasteiger partial charge >= 0.3 is 5.97 Å². The maximum Gasteiger partial charge on any atom is 0.338 e. The zero-order valence-electron chi connectivity index (χ0n) is 20.3. The number of esters is 1. The molecule has 1 aliphatic carbocycles. The van der Waals surface area contributed by atoms with Gasteiger partial charge in [0.2, 0.25) is 6.79 Å². The quantitative estimate of drug-likeness (QED) is 0.347. The molecule has 1 saturated carbocycles. The monoisotopic (exact) mass is 499 g/mol. The van der Waals surface area contributed by atoms with Crippen molar-refractivity contribution in [2.24, 2.45) is 0 Å². The summed E-state index contributed by atoms with van der Waals surface area (Å²) in [4.78, 5) is 19.1. The summed E-state index contributed by atoms with van der Waals surface area (Å²) in [5.41, 5.74) is 5.40. The predicted octanol–water partition coefficient (Wildman–Crippen LogP) is 2.65. The van der Waals surface area contributed by atoms with Gasteiger partial charge in [0, 0.05) is 13.0 Å². The van der Waals surface area contributed by atoms with Crippen LogP contribution in [0.4, 0.5) is 0 Å². The van der Waals surface area contributed by atoms with Gasteiger partial charge in [0.15, 0.2) is 17.3 Å². The molecular weight excluding hydrogens is 470 g/mol. The van der Waals surface area contributed by atoms with E-state index in [2.05, 4.69) is 5.48 Å². The van der Waals surface area contributed by atoms with Crippen LogP contribution in [0.25, 0.3) is 0 Å². The van der Waals surface area contributed by atoms with E-state index in [1.54, 1.807) is 13.2 Å². The molecule has 0 aromatic heterocycles. The van der Waals surface area contributed by atoms with E-state index in [0.29, 0.717) is 23.7 Å². The van der Waals surface area contributed by atoms with Crippen molar-refractivity contribution in [3.05, 3.63) is 59.2 Å². The maximum absolute atomic E-state index is 13.2. The van der Waals surface area contributed by atoms with Crippen molar-refractivity contribution in [2.45, 2.75) is 62.6 Å². The molecule has 2 fully saturated rings. The summed E-state index contributed by atoms with van der Waals surface area (Å²) < 4.78 is 41.0. The highest BCUT2D eigenvalue weighted by Gasteiger charge is 2.62. The number of rotatable bonds is 7. The second-order valence-electron chi connectivity index (χ2n) is 9.71. The Morgan fingerprint density at radius 1 is 1.03 bits per heavy atom. The molecule has 6 atom stereocenters. The highest BCUT2D eigenvalue weighted by molar-refractivity contribution is 5.94. The summed E-state index contributed by atoms with van der Waals surface area (Å²) in [6, 6.07) is 12.9. The molecule has 3 heterocycles. The van der Waals surface area contributed by atoms with Crippen LogP contribution in [0.1, 0.15) is 41.3 Å². The number of hydrogen-bond acceptors (Lipinski definition) is 10. The fourth-order valence-corrected chi connectivity index (χ4v) is 5.53. The van der Waals surface area contributed by atoms with Crippen LogP contribution in [0, 0.1) is 0 Å². The zero-order chi connectivity index (χ0) is 24.9. The minimum absolute atomic E-state index is 0.00897. The number of hydrogen-bond donors (Lipinski definition) is 1. The normalized spacial score (nSPS) is 31.4. The third kappa shape index (κ3) is 4.13. The summed E-state index contributed by atoms with van der Waals surface area (Å²) >= 11 is 0. The van der Waals surface area contributed by atoms with Crippen molar-refractivity contribution in [2.75, 3.05) is 20.7 Å². The number of carbonyl (C=O) groups excluding carboxylic acids is 1. The number of fused-ring (bicyclic) bond motifs is 5. The van der Waals surface area contributed by atoms with E-state index in [0.717, 1.165) is 11.1 Å². The summed E-state index contributed by atoms with van der Waals surface area (Å²) in [6.45, 7) is 4.14. The lowest BCUT2D eigenvalue weighted by molar-refractivity contribution is -0.199. The number of methoxy groups -OCH3 is 1. The van der Waals surface area contributed by atoms with Crippen LogP contribution in [-0.2, 0) is 35.1 Å². The molecule has 0 radical (unpaired) electrons. The molecule has 4 aliphatic rings. The van der Waals surface area contributed by atoms with Crippen LogP contribution in [0.15, 0.2) is 42.5 Å². The minimum Gasteiger partial charge on any atom is -0.455 e. The Morgan fingerprint density at radius 2 is 1.78 bits per heavy atom. The first-order valence-electron chi connectivity index (χ1n) is 12.0. The van der Waals surface area contributed by atoms with E-state index in [-0.39, 0.29) is 19.5 Å². The number of benzene rings is 2. The second-order valence-corrected chi connectivity index (χ2v) is 9.71. The molecule has 0 amide bonds. The molecule has 10 heteroatoms. The van der Waals surface area contributed by atoms with Crippen LogP contribution in [0.2, 0.25) is 0 Å². The van der Waals surface area contributed by atoms with Gasteiger partial charge in [-0.15, -0.1) is 0 Å². The first-order chi connectivity index (χ1) is 17.4. The van der Waals surface area contributed by atoms with Gasteiger partial charge in [0.05, 0.1) is 18.2 Å². The lowest BCUT2D eigenvalue weighted by Gasteiger charge is -2.48.